The number of halogens is 1. The maximum Gasteiger partial charge on any atom is 0.0780 e. The van der Waals surface area contributed by atoms with Crippen molar-refractivity contribution < 1.29 is 0 Å². The molecule has 0 saturated heterocycles. The van der Waals surface area contributed by atoms with Crippen molar-refractivity contribution >= 4 is 23.2 Å². The van der Waals surface area contributed by atoms with Crippen LogP contribution in [0.25, 0.3) is 22.0 Å². The highest BCUT2D eigenvalue weighted by molar-refractivity contribution is 5.94. The fraction of sp³-hybridized carbons (Fsp3) is 0. The quantitative estimate of drug-likeness (QED) is 0.618. The Labute approximate surface area is 107 Å². The SMILES string of the molecule is Cl.c1ccc(-c2nccc3ccccc23)cc1. The fourth-order valence-corrected chi connectivity index (χ4v) is 1.95. The minimum absolute atomic E-state index is 0. The summed E-state index contributed by atoms with van der Waals surface area (Å²) in [4.78, 5) is 4.48. The van der Waals surface area contributed by atoms with E-state index < -0.39 is 0 Å². The number of pyridine rings is 1. The van der Waals surface area contributed by atoms with E-state index in [9.17, 15) is 0 Å². The van der Waals surface area contributed by atoms with Crippen LogP contribution in [0.3, 0.4) is 0 Å². The third-order valence-corrected chi connectivity index (χ3v) is 2.72. The van der Waals surface area contributed by atoms with E-state index in [1.165, 1.54) is 16.3 Å². The first-order valence-corrected chi connectivity index (χ1v) is 5.34. The zero-order valence-electron chi connectivity index (χ0n) is 9.21. The van der Waals surface area contributed by atoms with Crippen LogP contribution >= 0.6 is 12.4 Å². The standard InChI is InChI=1S/C15H11N.ClH/c1-2-7-13(8-3-1)15-14-9-5-4-6-12(14)10-11-16-15;/h1-11H;1H. The highest BCUT2D eigenvalue weighted by Crippen LogP contribution is 2.25. The van der Waals surface area contributed by atoms with E-state index in [2.05, 4.69) is 41.4 Å². The predicted octanol–water partition coefficient (Wildman–Crippen LogP) is 4.32. The molecule has 0 saturated carbocycles. The molecule has 0 aliphatic carbocycles. The van der Waals surface area contributed by atoms with Gasteiger partial charge in [0.2, 0.25) is 0 Å². The lowest BCUT2D eigenvalue weighted by Crippen LogP contribution is -1.84. The smallest absolute Gasteiger partial charge is 0.0780 e. The van der Waals surface area contributed by atoms with Crippen molar-refractivity contribution in [1.29, 1.82) is 0 Å². The van der Waals surface area contributed by atoms with Gasteiger partial charge in [-0.05, 0) is 11.5 Å². The van der Waals surface area contributed by atoms with E-state index in [0.717, 1.165) is 5.69 Å². The zero-order valence-corrected chi connectivity index (χ0v) is 10.0. The molecule has 0 spiro atoms. The molecule has 0 bridgehead atoms. The molecular weight excluding hydrogens is 230 g/mol. The van der Waals surface area contributed by atoms with Crippen LogP contribution in [0.15, 0.2) is 66.9 Å². The summed E-state index contributed by atoms with van der Waals surface area (Å²) >= 11 is 0. The van der Waals surface area contributed by atoms with Gasteiger partial charge in [-0.3, -0.25) is 4.98 Å². The molecule has 84 valence electrons. The molecule has 0 N–H and O–H groups in total. The molecule has 2 heteroatoms. The summed E-state index contributed by atoms with van der Waals surface area (Å²) < 4.78 is 0. The minimum Gasteiger partial charge on any atom is -0.256 e. The number of nitrogens with zero attached hydrogens (tertiary/aromatic N) is 1. The number of hydrogen-bond acceptors (Lipinski definition) is 1. The Morgan fingerprint density at radius 3 is 2.24 bits per heavy atom. The van der Waals surface area contributed by atoms with Gasteiger partial charge in [-0.25, -0.2) is 0 Å². The summed E-state index contributed by atoms with van der Waals surface area (Å²) in [5.41, 5.74) is 2.22. The van der Waals surface area contributed by atoms with Crippen LogP contribution < -0.4 is 0 Å². The third-order valence-electron chi connectivity index (χ3n) is 2.72. The molecule has 2 aromatic carbocycles. The molecule has 17 heavy (non-hydrogen) atoms. The molecule has 0 amide bonds. The molecule has 1 aromatic heterocycles. The highest BCUT2D eigenvalue weighted by atomic mass is 35.5. The molecule has 0 fully saturated rings. The second-order valence-corrected chi connectivity index (χ2v) is 3.75. The van der Waals surface area contributed by atoms with Gasteiger partial charge in [0, 0.05) is 17.1 Å². The Balaban J connectivity index is 0.00000108. The largest absolute Gasteiger partial charge is 0.256 e. The first-order chi connectivity index (χ1) is 7.95. The monoisotopic (exact) mass is 241 g/mol. The maximum absolute atomic E-state index is 4.48. The Hall–Kier alpha value is -1.86. The molecule has 0 aliphatic rings. The van der Waals surface area contributed by atoms with E-state index in [-0.39, 0.29) is 12.4 Å². The Morgan fingerprint density at radius 2 is 1.41 bits per heavy atom. The van der Waals surface area contributed by atoms with E-state index >= 15 is 0 Å². The van der Waals surface area contributed by atoms with Gasteiger partial charge in [0.1, 0.15) is 0 Å². The van der Waals surface area contributed by atoms with Gasteiger partial charge in [-0.15, -0.1) is 12.4 Å². The second-order valence-electron chi connectivity index (χ2n) is 3.75. The Morgan fingerprint density at radius 1 is 0.706 bits per heavy atom. The van der Waals surface area contributed by atoms with E-state index in [1.807, 2.05) is 30.5 Å². The summed E-state index contributed by atoms with van der Waals surface area (Å²) in [6.07, 6.45) is 1.87. The fourth-order valence-electron chi connectivity index (χ4n) is 1.95. The van der Waals surface area contributed by atoms with Gasteiger partial charge < -0.3 is 0 Å². The van der Waals surface area contributed by atoms with Crippen molar-refractivity contribution in [2.75, 3.05) is 0 Å². The van der Waals surface area contributed by atoms with Gasteiger partial charge in [0.05, 0.1) is 5.69 Å². The summed E-state index contributed by atoms with van der Waals surface area (Å²) in [5.74, 6) is 0. The van der Waals surface area contributed by atoms with Crippen LogP contribution in [-0.2, 0) is 0 Å². The van der Waals surface area contributed by atoms with Gasteiger partial charge in [0.15, 0.2) is 0 Å². The molecule has 0 unspecified atom stereocenters. The maximum atomic E-state index is 4.48. The molecule has 0 aliphatic heterocycles. The first kappa shape index (κ1) is 11.6. The summed E-state index contributed by atoms with van der Waals surface area (Å²) in [7, 11) is 0. The topological polar surface area (TPSA) is 12.9 Å². The molecule has 3 rings (SSSR count). The summed E-state index contributed by atoms with van der Waals surface area (Å²) in [5, 5.41) is 2.44. The molecule has 0 radical (unpaired) electrons. The van der Waals surface area contributed by atoms with Crippen LogP contribution in [0.2, 0.25) is 0 Å². The van der Waals surface area contributed by atoms with Crippen molar-refractivity contribution in [3.63, 3.8) is 0 Å². The molecular formula is C15H12ClN. The van der Waals surface area contributed by atoms with Crippen LogP contribution in [0, 0.1) is 0 Å². The van der Waals surface area contributed by atoms with E-state index in [1.54, 1.807) is 0 Å². The summed E-state index contributed by atoms with van der Waals surface area (Å²) in [6.45, 7) is 0. The molecule has 1 nitrogen and oxygen atoms in total. The predicted molar refractivity (Wildman–Crippen MR) is 74.4 cm³/mol. The van der Waals surface area contributed by atoms with Gasteiger partial charge in [0.25, 0.3) is 0 Å². The van der Waals surface area contributed by atoms with Crippen molar-refractivity contribution in [3.8, 4) is 11.3 Å². The molecule has 1 heterocycles. The first-order valence-electron chi connectivity index (χ1n) is 5.34. The van der Waals surface area contributed by atoms with Crippen molar-refractivity contribution in [3.05, 3.63) is 66.9 Å². The van der Waals surface area contributed by atoms with Crippen LogP contribution in [0.4, 0.5) is 0 Å². The molecule has 3 aromatic rings. The van der Waals surface area contributed by atoms with Crippen LogP contribution in [0.1, 0.15) is 0 Å². The average Bonchev–Trinajstić information content (AvgIpc) is 2.39. The Kier molecular flexibility index (Phi) is 3.40. The van der Waals surface area contributed by atoms with Crippen molar-refractivity contribution in [2.24, 2.45) is 0 Å². The number of hydrogen-bond donors (Lipinski definition) is 0. The lowest BCUT2D eigenvalue weighted by atomic mass is 10.0. The number of rotatable bonds is 1. The summed E-state index contributed by atoms with van der Waals surface area (Å²) in [6, 6.07) is 20.7. The lowest BCUT2D eigenvalue weighted by molar-refractivity contribution is 1.36. The van der Waals surface area contributed by atoms with Gasteiger partial charge in [-0.2, -0.15) is 0 Å². The lowest BCUT2D eigenvalue weighted by Gasteiger charge is -2.04. The Bertz CT molecular complexity index is 615. The van der Waals surface area contributed by atoms with Gasteiger partial charge in [-0.1, -0.05) is 54.6 Å². The zero-order chi connectivity index (χ0) is 10.8. The minimum atomic E-state index is 0. The number of fused-ring (bicyclic) bond motifs is 1. The average molecular weight is 242 g/mol. The number of aromatic nitrogens is 1. The van der Waals surface area contributed by atoms with E-state index in [0.29, 0.717) is 0 Å². The van der Waals surface area contributed by atoms with Gasteiger partial charge >= 0.3 is 0 Å². The number of benzene rings is 2. The van der Waals surface area contributed by atoms with Crippen LogP contribution in [0.5, 0.6) is 0 Å². The van der Waals surface area contributed by atoms with Crippen molar-refractivity contribution in [2.45, 2.75) is 0 Å². The molecule has 0 atom stereocenters. The second kappa shape index (κ2) is 4.98. The highest BCUT2D eigenvalue weighted by Gasteiger charge is 2.03. The van der Waals surface area contributed by atoms with E-state index in [4.69, 9.17) is 0 Å². The van der Waals surface area contributed by atoms with Crippen molar-refractivity contribution in [1.82, 2.24) is 4.98 Å². The third kappa shape index (κ3) is 2.15. The normalized spacial score (nSPS) is 9.88. The van der Waals surface area contributed by atoms with Crippen LogP contribution in [-0.4, -0.2) is 4.98 Å².